The highest BCUT2D eigenvalue weighted by atomic mass is 32.1. The Balaban J connectivity index is 1.42. The maximum Gasteiger partial charge on any atom is 0.251 e. The van der Waals surface area contributed by atoms with Crippen LogP contribution in [0.15, 0.2) is 53.9 Å². The summed E-state index contributed by atoms with van der Waals surface area (Å²) in [5.41, 5.74) is 3.36. The molecule has 0 bridgehead atoms. The molecule has 7 nitrogen and oxygen atoms in total. The van der Waals surface area contributed by atoms with Gasteiger partial charge < -0.3 is 15.5 Å². The lowest BCUT2D eigenvalue weighted by Gasteiger charge is -2.16. The number of likely N-dealkylation sites (N-methyl/N-ethyl adjacent to an activating group) is 1. The van der Waals surface area contributed by atoms with Crippen molar-refractivity contribution in [2.24, 2.45) is 0 Å². The summed E-state index contributed by atoms with van der Waals surface area (Å²) in [6, 6.07) is 14.5. The van der Waals surface area contributed by atoms with E-state index in [1.165, 1.54) is 11.3 Å². The molecule has 31 heavy (non-hydrogen) atoms. The molecule has 1 aliphatic heterocycles. The molecule has 0 unspecified atom stereocenters. The highest BCUT2D eigenvalue weighted by Gasteiger charge is 2.42. The first-order chi connectivity index (χ1) is 14.8. The first kappa shape index (κ1) is 20.7. The first-order valence-electron chi connectivity index (χ1n) is 9.79. The van der Waals surface area contributed by atoms with Crippen LogP contribution in [0, 0.1) is 0 Å². The van der Waals surface area contributed by atoms with Crippen LogP contribution in [0.25, 0.3) is 11.3 Å². The van der Waals surface area contributed by atoms with Crippen molar-refractivity contribution in [3.63, 3.8) is 0 Å². The minimum Gasteiger partial charge on any atom is -0.343 e. The number of carbonyl (C=O) groups excluding carboxylic acids is 3. The molecule has 3 aromatic rings. The standard InChI is InChI=1S/C23H22N4O3S/c1-23(2)16-11-15(9-10-18(16)27(3)21(23)30)17-13-31-22(25-17)26-19(28)12-24-20(29)14-7-5-4-6-8-14/h4-11,13H,12H2,1-3H3,(H,24,29)(H,25,26,28). The summed E-state index contributed by atoms with van der Waals surface area (Å²) < 4.78 is 0. The number of benzene rings is 2. The van der Waals surface area contributed by atoms with Crippen LogP contribution in [0.1, 0.15) is 29.8 Å². The molecule has 2 N–H and O–H groups in total. The van der Waals surface area contributed by atoms with Gasteiger partial charge >= 0.3 is 0 Å². The van der Waals surface area contributed by atoms with Crippen LogP contribution < -0.4 is 15.5 Å². The van der Waals surface area contributed by atoms with Crippen molar-refractivity contribution in [2.45, 2.75) is 19.3 Å². The molecule has 8 heteroatoms. The zero-order valence-electron chi connectivity index (χ0n) is 17.4. The van der Waals surface area contributed by atoms with Gasteiger partial charge in [0.05, 0.1) is 17.7 Å². The number of nitrogens with one attached hydrogen (secondary N) is 2. The Bertz CT molecular complexity index is 1170. The smallest absolute Gasteiger partial charge is 0.251 e. The Hall–Kier alpha value is -3.52. The van der Waals surface area contributed by atoms with Crippen molar-refractivity contribution in [2.75, 3.05) is 23.8 Å². The Morgan fingerprint density at radius 3 is 2.61 bits per heavy atom. The number of carbonyl (C=O) groups is 3. The SMILES string of the molecule is CN1C(=O)C(C)(C)c2cc(-c3csc(NC(=O)CNC(=O)c4ccccc4)n3)ccc21. The van der Waals surface area contributed by atoms with Crippen molar-refractivity contribution in [3.05, 3.63) is 65.0 Å². The molecule has 3 amide bonds. The second-order valence-corrected chi connectivity index (χ2v) is 8.71. The number of fused-ring (bicyclic) bond motifs is 1. The van der Waals surface area contributed by atoms with Crippen molar-refractivity contribution >= 4 is 39.9 Å². The molecule has 0 saturated carbocycles. The minimum atomic E-state index is -0.593. The molecular formula is C23H22N4O3S. The molecule has 4 rings (SSSR count). The van der Waals surface area contributed by atoms with Crippen LogP contribution in [0.5, 0.6) is 0 Å². The molecule has 0 fully saturated rings. The highest BCUT2D eigenvalue weighted by Crippen LogP contribution is 2.42. The van der Waals surface area contributed by atoms with Crippen LogP contribution in [0.2, 0.25) is 0 Å². The Morgan fingerprint density at radius 2 is 1.87 bits per heavy atom. The fourth-order valence-corrected chi connectivity index (χ4v) is 4.35. The zero-order chi connectivity index (χ0) is 22.2. The topological polar surface area (TPSA) is 91.4 Å². The Kier molecular flexibility index (Phi) is 5.32. The van der Waals surface area contributed by atoms with Crippen LogP contribution in [0.3, 0.4) is 0 Å². The van der Waals surface area contributed by atoms with Gasteiger partial charge in [-0.25, -0.2) is 4.98 Å². The van der Waals surface area contributed by atoms with Gasteiger partial charge in [-0.05, 0) is 43.7 Å². The number of thiazole rings is 1. The van der Waals surface area contributed by atoms with E-state index in [0.29, 0.717) is 16.4 Å². The number of rotatable bonds is 5. The fourth-order valence-electron chi connectivity index (χ4n) is 3.61. The number of anilines is 2. The normalized spacial score (nSPS) is 14.3. The number of aromatic nitrogens is 1. The van der Waals surface area contributed by atoms with Crippen molar-refractivity contribution in [1.29, 1.82) is 0 Å². The number of hydrogen-bond acceptors (Lipinski definition) is 5. The predicted molar refractivity (Wildman–Crippen MR) is 121 cm³/mol. The van der Waals surface area contributed by atoms with Crippen LogP contribution in [0.4, 0.5) is 10.8 Å². The summed E-state index contributed by atoms with van der Waals surface area (Å²) >= 11 is 1.30. The molecule has 2 heterocycles. The lowest BCUT2D eigenvalue weighted by Crippen LogP contribution is -2.33. The van der Waals surface area contributed by atoms with Gasteiger partial charge in [0.15, 0.2) is 5.13 Å². The van der Waals surface area contributed by atoms with Gasteiger partial charge in [-0.3, -0.25) is 14.4 Å². The molecule has 158 valence electrons. The van der Waals surface area contributed by atoms with Crippen molar-refractivity contribution < 1.29 is 14.4 Å². The summed E-state index contributed by atoms with van der Waals surface area (Å²) in [5.74, 6) is -0.605. The quantitative estimate of drug-likeness (QED) is 0.644. The maximum atomic E-state index is 12.5. The maximum absolute atomic E-state index is 12.5. The van der Waals surface area contributed by atoms with E-state index in [1.54, 1.807) is 36.2 Å². The molecule has 0 radical (unpaired) electrons. The zero-order valence-corrected chi connectivity index (χ0v) is 18.2. The van der Waals surface area contributed by atoms with Gasteiger partial charge in [0.2, 0.25) is 11.8 Å². The molecule has 2 aromatic carbocycles. The molecule has 0 saturated heterocycles. The summed E-state index contributed by atoms with van der Waals surface area (Å²) in [7, 11) is 1.78. The molecule has 1 aromatic heterocycles. The van der Waals surface area contributed by atoms with E-state index in [4.69, 9.17) is 0 Å². The monoisotopic (exact) mass is 434 g/mol. The van der Waals surface area contributed by atoms with Gasteiger partial charge in [0, 0.05) is 29.2 Å². The van der Waals surface area contributed by atoms with Gasteiger partial charge in [-0.2, -0.15) is 0 Å². The molecule has 0 spiro atoms. The van der Waals surface area contributed by atoms with E-state index in [1.807, 2.05) is 43.5 Å². The Morgan fingerprint density at radius 1 is 1.13 bits per heavy atom. The van der Waals surface area contributed by atoms with Crippen LogP contribution >= 0.6 is 11.3 Å². The minimum absolute atomic E-state index is 0.0587. The summed E-state index contributed by atoms with van der Waals surface area (Å²) in [6.45, 7) is 3.68. The molecule has 0 atom stereocenters. The fraction of sp³-hybridized carbons (Fsp3) is 0.217. The van der Waals surface area contributed by atoms with Gasteiger partial charge in [-0.1, -0.05) is 24.3 Å². The summed E-state index contributed by atoms with van der Waals surface area (Å²) in [6.07, 6.45) is 0. The van der Waals surface area contributed by atoms with E-state index in [-0.39, 0.29) is 24.3 Å². The second-order valence-electron chi connectivity index (χ2n) is 7.86. The average molecular weight is 435 g/mol. The number of amides is 3. The van der Waals surface area contributed by atoms with Gasteiger partial charge in [0.25, 0.3) is 5.91 Å². The second kappa shape index (κ2) is 7.96. The average Bonchev–Trinajstić information content (AvgIpc) is 3.30. The lowest BCUT2D eigenvalue weighted by atomic mass is 9.85. The van der Waals surface area contributed by atoms with E-state index in [9.17, 15) is 14.4 Å². The summed E-state index contributed by atoms with van der Waals surface area (Å²) in [5, 5.41) is 7.61. The molecule has 1 aliphatic rings. The number of nitrogens with zero attached hydrogens (tertiary/aromatic N) is 2. The number of hydrogen-bond donors (Lipinski definition) is 2. The third-order valence-electron chi connectivity index (χ3n) is 5.36. The van der Waals surface area contributed by atoms with E-state index in [2.05, 4.69) is 15.6 Å². The first-order valence-corrected chi connectivity index (χ1v) is 10.7. The van der Waals surface area contributed by atoms with E-state index in [0.717, 1.165) is 16.8 Å². The van der Waals surface area contributed by atoms with Gasteiger partial charge in [0.1, 0.15) is 0 Å². The largest absolute Gasteiger partial charge is 0.343 e. The van der Waals surface area contributed by atoms with Crippen LogP contribution in [-0.4, -0.2) is 36.3 Å². The predicted octanol–water partition coefficient (Wildman–Crippen LogP) is 3.43. The van der Waals surface area contributed by atoms with E-state index >= 15 is 0 Å². The summed E-state index contributed by atoms with van der Waals surface area (Å²) in [4.78, 5) is 42.9. The van der Waals surface area contributed by atoms with Gasteiger partial charge in [-0.15, -0.1) is 11.3 Å². The Labute approximate surface area is 184 Å². The third kappa shape index (κ3) is 3.94. The highest BCUT2D eigenvalue weighted by molar-refractivity contribution is 7.14. The third-order valence-corrected chi connectivity index (χ3v) is 6.12. The molecule has 0 aliphatic carbocycles. The van der Waals surface area contributed by atoms with Crippen LogP contribution in [-0.2, 0) is 15.0 Å². The molecular weight excluding hydrogens is 412 g/mol. The lowest BCUT2D eigenvalue weighted by molar-refractivity contribution is -0.121. The van der Waals surface area contributed by atoms with E-state index < -0.39 is 5.41 Å². The van der Waals surface area contributed by atoms with Crippen molar-refractivity contribution in [3.8, 4) is 11.3 Å². The van der Waals surface area contributed by atoms with Crippen molar-refractivity contribution in [1.82, 2.24) is 10.3 Å².